The van der Waals surface area contributed by atoms with Crippen LogP contribution in [0.25, 0.3) is 6.08 Å². The van der Waals surface area contributed by atoms with Gasteiger partial charge in [-0.05, 0) is 43.3 Å². The average molecular weight is 436 g/mol. The average Bonchev–Trinajstić information content (AvgIpc) is 3.10. The lowest BCUT2D eigenvalue weighted by molar-refractivity contribution is -0.148. The van der Waals surface area contributed by atoms with Gasteiger partial charge in [-0.15, -0.1) is 0 Å². The van der Waals surface area contributed by atoms with E-state index in [-0.39, 0.29) is 12.4 Å². The standard InChI is InChI=1S/C19H15BrFNO5/c1-11(19(24)22-14-4-6-16-17(9-14)26-10-25-16)27-18(23)7-2-12-8-13(20)3-5-15(12)21/h2-9,11H,10H2,1H3,(H,22,24). The zero-order valence-electron chi connectivity index (χ0n) is 14.2. The molecule has 0 bridgehead atoms. The van der Waals surface area contributed by atoms with Gasteiger partial charge in [0.05, 0.1) is 0 Å². The molecule has 0 radical (unpaired) electrons. The molecule has 1 amide bonds. The first kappa shape index (κ1) is 18.9. The molecule has 0 spiro atoms. The van der Waals surface area contributed by atoms with E-state index in [0.717, 1.165) is 6.08 Å². The van der Waals surface area contributed by atoms with Gasteiger partial charge in [-0.3, -0.25) is 4.79 Å². The van der Waals surface area contributed by atoms with Crippen molar-refractivity contribution in [1.82, 2.24) is 0 Å². The molecule has 2 aromatic carbocycles. The lowest BCUT2D eigenvalue weighted by Crippen LogP contribution is -2.29. The maximum absolute atomic E-state index is 13.6. The Kier molecular flexibility index (Phi) is 5.75. The number of hydrogen-bond donors (Lipinski definition) is 1. The van der Waals surface area contributed by atoms with Crippen molar-refractivity contribution in [2.45, 2.75) is 13.0 Å². The van der Waals surface area contributed by atoms with Crippen LogP contribution in [0.1, 0.15) is 12.5 Å². The number of carbonyl (C=O) groups is 2. The summed E-state index contributed by atoms with van der Waals surface area (Å²) < 4.78 is 29.8. The van der Waals surface area contributed by atoms with Crippen molar-refractivity contribution in [3.8, 4) is 11.5 Å². The molecular weight excluding hydrogens is 421 g/mol. The molecule has 3 rings (SSSR count). The summed E-state index contributed by atoms with van der Waals surface area (Å²) in [5.41, 5.74) is 0.706. The predicted molar refractivity (Wildman–Crippen MR) is 99.9 cm³/mol. The molecule has 1 unspecified atom stereocenters. The van der Waals surface area contributed by atoms with Crippen LogP contribution in [0.3, 0.4) is 0 Å². The molecule has 1 atom stereocenters. The fourth-order valence-corrected chi connectivity index (χ4v) is 2.66. The number of halogens is 2. The summed E-state index contributed by atoms with van der Waals surface area (Å²) in [5.74, 6) is -0.628. The lowest BCUT2D eigenvalue weighted by atomic mass is 10.2. The van der Waals surface area contributed by atoms with Crippen LogP contribution < -0.4 is 14.8 Å². The van der Waals surface area contributed by atoms with Gasteiger partial charge in [0.25, 0.3) is 5.91 Å². The van der Waals surface area contributed by atoms with E-state index in [9.17, 15) is 14.0 Å². The number of amides is 1. The molecule has 2 aromatic rings. The van der Waals surface area contributed by atoms with Crippen molar-refractivity contribution in [3.05, 3.63) is 58.3 Å². The van der Waals surface area contributed by atoms with Crippen LogP contribution in [-0.2, 0) is 14.3 Å². The Morgan fingerprint density at radius 1 is 1.22 bits per heavy atom. The zero-order valence-corrected chi connectivity index (χ0v) is 15.8. The molecular formula is C19H15BrFNO5. The van der Waals surface area contributed by atoms with Gasteiger partial charge in [-0.2, -0.15) is 0 Å². The van der Waals surface area contributed by atoms with E-state index in [0.29, 0.717) is 21.7 Å². The number of fused-ring (bicyclic) bond motifs is 1. The van der Waals surface area contributed by atoms with Gasteiger partial charge in [0.2, 0.25) is 6.79 Å². The number of nitrogens with one attached hydrogen (secondary N) is 1. The first-order chi connectivity index (χ1) is 12.9. The lowest BCUT2D eigenvalue weighted by Gasteiger charge is -2.12. The second kappa shape index (κ2) is 8.22. The number of ether oxygens (including phenoxy) is 3. The van der Waals surface area contributed by atoms with E-state index < -0.39 is 23.8 Å². The Balaban J connectivity index is 1.56. The Bertz CT molecular complexity index is 915. The van der Waals surface area contributed by atoms with Crippen LogP contribution in [0.2, 0.25) is 0 Å². The quantitative estimate of drug-likeness (QED) is 0.569. The summed E-state index contributed by atoms with van der Waals surface area (Å²) in [4.78, 5) is 24.0. The predicted octanol–water partition coefficient (Wildman–Crippen LogP) is 3.90. The number of rotatable bonds is 5. The third-order valence-electron chi connectivity index (χ3n) is 3.66. The van der Waals surface area contributed by atoms with E-state index >= 15 is 0 Å². The van der Waals surface area contributed by atoms with Crippen LogP contribution in [0.5, 0.6) is 11.5 Å². The minimum absolute atomic E-state index is 0.131. The molecule has 8 heteroatoms. The maximum Gasteiger partial charge on any atom is 0.331 e. The Morgan fingerprint density at radius 2 is 2.00 bits per heavy atom. The van der Waals surface area contributed by atoms with Gasteiger partial charge in [0.1, 0.15) is 5.82 Å². The molecule has 1 aliphatic heterocycles. The van der Waals surface area contributed by atoms with Crippen molar-refractivity contribution in [2.75, 3.05) is 12.1 Å². The molecule has 0 aromatic heterocycles. The first-order valence-corrected chi connectivity index (χ1v) is 8.76. The summed E-state index contributed by atoms with van der Waals surface area (Å²) in [6, 6.07) is 9.28. The molecule has 1 N–H and O–H groups in total. The fraction of sp³-hybridized carbons (Fsp3) is 0.158. The van der Waals surface area contributed by atoms with Crippen molar-refractivity contribution in [2.24, 2.45) is 0 Å². The second-order valence-corrected chi connectivity index (χ2v) is 6.55. The van der Waals surface area contributed by atoms with Gasteiger partial charge in [0.15, 0.2) is 17.6 Å². The largest absolute Gasteiger partial charge is 0.454 e. The van der Waals surface area contributed by atoms with Crippen LogP contribution in [0.4, 0.5) is 10.1 Å². The van der Waals surface area contributed by atoms with Crippen molar-refractivity contribution in [1.29, 1.82) is 0 Å². The highest BCUT2D eigenvalue weighted by atomic mass is 79.9. The van der Waals surface area contributed by atoms with Crippen molar-refractivity contribution < 1.29 is 28.2 Å². The first-order valence-electron chi connectivity index (χ1n) is 7.96. The van der Waals surface area contributed by atoms with Crippen LogP contribution in [-0.4, -0.2) is 24.8 Å². The molecule has 140 valence electrons. The molecule has 6 nitrogen and oxygen atoms in total. The normalized spacial score (nSPS) is 13.4. The maximum atomic E-state index is 13.6. The van der Waals surface area contributed by atoms with Crippen LogP contribution >= 0.6 is 15.9 Å². The number of carbonyl (C=O) groups excluding carboxylic acids is 2. The van der Waals surface area contributed by atoms with E-state index in [1.165, 1.54) is 25.1 Å². The Hall–Kier alpha value is -2.87. The minimum Gasteiger partial charge on any atom is -0.454 e. The third-order valence-corrected chi connectivity index (χ3v) is 4.15. The summed E-state index contributed by atoms with van der Waals surface area (Å²) in [7, 11) is 0. The molecule has 0 saturated heterocycles. The Morgan fingerprint density at radius 3 is 2.81 bits per heavy atom. The molecule has 1 heterocycles. The monoisotopic (exact) mass is 435 g/mol. The smallest absolute Gasteiger partial charge is 0.331 e. The van der Waals surface area contributed by atoms with Gasteiger partial charge in [0, 0.05) is 27.9 Å². The van der Waals surface area contributed by atoms with Crippen LogP contribution in [0, 0.1) is 5.82 Å². The summed E-state index contributed by atoms with van der Waals surface area (Å²) in [6.07, 6.45) is 1.31. The molecule has 27 heavy (non-hydrogen) atoms. The van der Waals surface area contributed by atoms with Crippen LogP contribution in [0.15, 0.2) is 46.9 Å². The number of hydrogen-bond acceptors (Lipinski definition) is 5. The number of anilines is 1. The molecule has 0 aliphatic carbocycles. The van der Waals surface area contributed by atoms with Crippen molar-refractivity contribution >= 4 is 39.6 Å². The summed E-state index contributed by atoms with van der Waals surface area (Å²) in [6.45, 7) is 1.57. The van der Waals surface area contributed by atoms with E-state index in [2.05, 4.69) is 21.2 Å². The van der Waals surface area contributed by atoms with E-state index in [1.54, 1.807) is 24.3 Å². The van der Waals surface area contributed by atoms with Gasteiger partial charge in [-0.25, -0.2) is 9.18 Å². The number of esters is 1. The third kappa shape index (κ3) is 4.85. The van der Waals surface area contributed by atoms with E-state index in [1.807, 2.05) is 0 Å². The SMILES string of the molecule is CC(OC(=O)C=Cc1cc(Br)ccc1F)C(=O)Nc1ccc2c(c1)OCO2. The Labute approximate surface area is 163 Å². The highest BCUT2D eigenvalue weighted by molar-refractivity contribution is 9.10. The molecule has 0 saturated carbocycles. The van der Waals surface area contributed by atoms with Gasteiger partial charge in [-0.1, -0.05) is 15.9 Å². The van der Waals surface area contributed by atoms with Crippen molar-refractivity contribution in [3.63, 3.8) is 0 Å². The van der Waals surface area contributed by atoms with E-state index in [4.69, 9.17) is 14.2 Å². The fourth-order valence-electron chi connectivity index (χ4n) is 2.29. The topological polar surface area (TPSA) is 73.9 Å². The zero-order chi connectivity index (χ0) is 19.4. The second-order valence-electron chi connectivity index (χ2n) is 5.64. The molecule has 0 fully saturated rings. The van der Waals surface area contributed by atoms with Gasteiger partial charge >= 0.3 is 5.97 Å². The summed E-state index contributed by atoms with van der Waals surface area (Å²) in [5, 5.41) is 2.63. The highest BCUT2D eigenvalue weighted by Gasteiger charge is 2.19. The minimum atomic E-state index is -1.04. The number of benzene rings is 2. The van der Waals surface area contributed by atoms with Gasteiger partial charge < -0.3 is 19.5 Å². The summed E-state index contributed by atoms with van der Waals surface area (Å²) >= 11 is 3.23. The highest BCUT2D eigenvalue weighted by Crippen LogP contribution is 2.34. The molecule has 1 aliphatic rings.